The molecule has 96 valence electrons. The molecule has 1 N–H and O–H groups in total. The van der Waals surface area contributed by atoms with Gasteiger partial charge in [-0.1, -0.05) is 43.5 Å². The molecule has 0 saturated carbocycles. The standard InChI is InChI=1S/C14H23ClN2/c1-3-4-7-11-17(2)12-10-16-14-9-6-5-8-13(14)15/h5-6,8-9,16H,3-4,7,10-12H2,1-2H3. The SMILES string of the molecule is CCCCCN(C)CCNc1ccccc1Cl. The van der Waals surface area contributed by atoms with Crippen LogP contribution < -0.4 is 5.32 Å². The van der Waals surface area contributed by atoms with Crippen LogP contribution in [0.25, 0.3) is 0 Å². The van der Waals surface area contributed by atoms with Gasteiger partial charge in [0.1, 0.15) is 0 Å². The van der Waals surface area contributed by atoms with E-state index in [1.165, 1.54) is 25.8 Å². The van der Waals surface area contributed by atoms with E-state index in [1.807, 2.05) is 24.3 Å². The average Bonchev–Trinajstić information content (AvgIpc) is 2.32. The second kappa shape index (κ2) is 8.37. The fourth-order valence-electron chi connectivity index (χ4n) is 1.73. The summed E-state index contributed by atoms with van der Waals surface area (Å²) in [4.78, 5) is 2.36. The van der Waals surface area contributed by atoms with Crippen molar-refractivity contribution in [3.8, 4) is 0 Å². The highest BCUT2D eigenvalue weighted by molar-refractivity contribution is 6.33. The van der Waals surface area contributed by atoms with Crippen LogP contribution in [-0.2, 0) is 0 Å². The third kappa shape index (κ3) is 5.94. The molecule has 1 aromatic carbocycles. The number of nitrogens with one attached hydrogen (secondary N) is 1. The molecule has 0 saturated heterocycles. The molecular formula is C14H23ClN2. The maximum Gasteiger partial charge on any atom is 0.0637 e. The lowest BCUT2D eigenvalue weighted by atomic mass is 10.2. The Bertz CT molecular complexity index is 315. The van der Waals surface area contributed by atoms with Crippen molar-refractivity contribution in [1.29, 1.82) is 0 Å². The van der Waals surface area contributed by atoms with Crippen LogP contribution in [-0.4, -0.2) is 31.6 Å². The maximum atomic E-state index is 6.07. The molecule has 0 bridgehead atoms. The molecular weight excluding hydrogens is 232 g/mol. The maximum absolute atomic E-state index is 6.07. The molecule has 0 unspecified atom stereocenters. The number of hydrogen-bond acceptors (Lipinski definition) is 2. The smallest absolute Gasteiger partial charge is 0.0637 e. The van der Waals surface area contributed by atoms with Crippen LogP contribution in [0.5, 0.6) is 0 Å². The van der Waals surface area contributed by atoms with Crippen LogP contribution in [0.15, 0.2) is 24.3 Å². The first kappa shape index (κ1) is 14.3. The Kier molecular flexibility index (Phi) is 7.06. The second-order valence-corrected chi connectivity index (χ2v) is 4.82. The highest BCUT2D eigenvalue weighted by Crippen LogP contribution is 2.19. The molecule has 0 fully saturated rings. The second-order valence-electron chi connectivity index (χ2n) is 4.42. The molecule has 0 aliphatic carbocycles. The number of nitrogens with zero attached hydrogens (tertiary/aromatic N) is 1. The predicted octanol–water partition coefficient (Wildman–Crippen LogP) is 3.87. The van der Waals surface area contributed by atoms with Crippen LogP contribution in [0.4, 0.5) is 5.69 Å². The van der Waals surface area contributed by atoms with Crippen LogP contribution in [0.1, 0.15) is 26.2 Å². The first-order valence-corrected chi connectivity index (χ1v) is 6.78. The molecule has 0 aliphatic heterocycles. The molecule has 1 rings (SSSR count). The summed E-state index contributed by atoms with van der Waals surface area (Å²) in [6, 6.07) is 7.87. The van der Waals surface area contributed by atoms with E-state index >= 15 is 0 Å². The van der Waals surface area contributed by atoms with Crippen molar-refractivity contribution in [1.82, 2.24) is 4.90 Å². The molecule has 1 aromatic rings. The van der Waals surface area contributed by atoms with Gasteiger partial charge in [-0.3, -0.25) is 0 Å². The normalized spacial score (nSPS) is 10.8. The lowest BCUT2D eigenvalue weighted by molar-refractivity contribution is 0.337. The van der Waals surface area contributed by atoms with Crippen LogP contribution in [0.2, 0.25) is 5.02 Å². The third-order valence-electron chi connectivity index (χ3n) is 2.83. The fraction of sp³-hybridized carbons (Fsp3) is 0.571. The summed E-state index contributed by atoms with van der Waals surface area (Å²) in [6.07, 6.45) is 3.90. The Balaban J connectivity index is 2.17. The Morgan fingerprint density at radius 3 is 2.65 bits per heavy atom. The number of halogens is 1. The van der Waals surface area contributed by atoms with Gasteiger partial charge in [0.05, 0.1) is 10.7 Å². The third-order valence-corrected chi connectivity index (χ3v) is 3.16. The van der Waals surface area contributed by atoms with Crippen molar-refractivity contribution in [3.05, 3.63) is 29.3 Å². The highest BCUT2D eigenvalue weighted by atomic mass is 35.5. The summed E-state index contributed by atoms with van der Waals surface area (Å²) < 4.78 is 0. The van der Waals surface area contributed by atoms with Gasteiger partial charge in [0.15, 0.2) is 0 Å². The van der Waals surface area contributed by atoms with Gasteiger partial charge < -0.3 is 10.2 Å². The zero-order chi connectivity index (χ0) is 12.5. The molecule has 0 aromatic heterocycles. The molecule has 0 heterocycles. The Hall–Kier alpha value is -0.730. The minimum Gasteiger partial charge on any atom is -0.383 e. The van der Waals surface area contributed by atoms with Crippen LogP contribution in [0, 0.1) is 0 Å². The average molecular weight is 255 g/mol. The number of hydrogen-bond donors (Lipinski definition) is 1. The van der Waals surface area contributed by atoms with Crippen molar-refractivity contribution < 1.29 is 0 Å². The number of anilines is 1. The van der Waals surface area contributed by atoms with Gasteiger partial charge in [-0.2, -0.15) is 0 Å². The number of unbranched alkanes of at least 4 members (excludes halogenated alkanes) is 2. The molecule has 0 radical (unpaired) electrons. The summed E-state index contributed by atoms with van der Waals surface area (Å²) >= 11 is 6.07. The van der Waals surface area contributed by atoms with E-state index in [2.05, 4.69) is 24.2 Å². The van der Waals surface area contributed by atoms with E-state index in [4.69, 9.17) is 11.6 Å². The molecule has 17 heavy (non-hydrogen) atoms. The molecule has 3 heteroatoms. The Morgan fingerprint density at radius 2 is 1.94 bits per heavy atom. The van der Waals surface area contributed by atoms with Crippen LogP contribution in [0.3, 0.4) is 0 Å². The Morgan fingerprint density at radius 1 is 1.18 bits per heavy atom. The van der Waals surface area contributed by atoms with Crippen molar-refractivity contribution in [2.24, 2.45) is 0 Å². The molecule has 0 aliphatic rings. The monoisotopic (exact) mass is 254 g/mol. The van der Waals surface area contributed by atoms with Gasteiger partial charge in [0.2, 0.25) is 0 Å². The van der Waals surface area contributed by atoms with Gasteiger partial charge in [-0.25, -0.2) is 0 Å². The largest absolute Gasteiger partial charge is 0.383 e. The van der Waals surface area contributed by atoms with E-state index in [-0.39, 0.29) is 0 Å². The van der Waals surface area contributed by atoms with E-state index in [9.17, 15) is 0 Å². The van der Waals surface area contributed by atoms with Crippen molar-refractivity contribution >= 4 is 17.3 Å². The lowest BCUT2D eigenvalue weighted by Gasteiger charge is -2.17. The lowest BCUT2D eigenvalue weighted by Crippen LogP contribution is -2.26. The first-order chi connectivity index (χ1) is 8.24. The van der Waals surface area contributed by atoms with Gasteiger partial charge in [-0.15, -0.1) is 0 Å². The number of benzene rings is 1. The molecule has 2 nitrogen and oxygen atoms in total. The number of likely N-dealkylation sites (N-methyl/N-ethyl adjacent to an activating group) is 1. The van der Waals surface area contributed by atoms with Crippen LogP contribution >= 0.6 is 11.6 Å². The quantitative estimate of drug-likeness (QED) is 0.709. The zero-order valence-corrected chi connectivity index (χ0v) is 11.6. The van der Waals surface area contributed by atoms with E-state index < -0.39 is 0 Å². The minimum absolute atomic E-state index is 0.793. The predicted molar refractivity (Wildman–Crippen MR) is 77.0 cm³/mol. The fourth-order valence-corrected chi connectivity index (χ4v) is 1.93. The highest BCUT2D eigenvalue weighted by Gasteiger charge is 2.00. The first-order valence-electron chi connectivity index (χ1n) is 6.41. The van der Waals surface area contributed by atoms with Gasteiger partial charge in [0.25, 0.3) is 0 Å². The topological polar surface area (TPSA) is 15.3 Å². The summed E-state index contributed by atoms with van der Waals surface area (Å²) in [6.45, 7) is 5.40. The summed E-state index contributed by atoms with van der Waals surface area (Å²) in [5, 5.41) is 4.15. The molecule has 0 amide bonds. The minimum atomic E-state index is 0.793. The van der Waals surface area contributed by atoms with Gasteiger partial charge in [0, 0.05) is 13.1 Å². The number of rotatable bonds is 8. The summed E-state index contributed by atoms with van der Waals surface area (Å²) in [5.41, 5.74) is 1.02. The van der Waals surface area contributed by atoms with Crippen molar-refractivity contribution in [3.63, 3.8) is 0 Å². The zero-order valence-electron chi connectivity index (χ0n) is 10.9. The molecule has 0 spiro atoms. The van der Waals surface area contributed by atoms with Gasteiger partial charge in [-0.05, 0) is 32.1 Å². The summed E-state index contributed by atoms with van der Waals surface area (Å²) in [7, 11) is 2.17. The summed E-state index contributed by atoms with van der Waals surface area (Å²) in [5.74, 6) is 0. The van der Waals surface area contributed by atoms with Crippen molar-refractivity contribution in [2.75, 3.05) is 32.0 Å². The molecule has 0 atom stereocenters. The van der Waals surface area contributed by atoms with E-state index in [1.54, 1.807) is 0 Å². The van der Waals surface area contributed by atoms with Crippen molar-refractivity contribution in [2.45, 2.75) is 26.2 Å². The van der Waals surface area contributed by atoms with Gasteiger partial charge >= 0.3 is 0 Å². The Labute approximate surface area is 110 Å². The van der Waals surface area contributed by atoms with E-state index in [0.29, 0.717) is 0 Å². The number of para-hydroxylation sites is 1. The van der Waals surface area contributed by atoms with E-state index in [0.717, 1.165) is 23.8 Å².